The first-order valence-electron chi connectivity index (χ1n) is 6.66. The zero-order valence-corrected chi connectivity index (χ0v) is 16.6. The average Bonchev–Trinajstić information content (AvgIpc) is 2.96. The Kier molecular flexibility index (Phi) is 7.76. The number of carboxylic acids is 1. The standard InChI is InChI=1S/C12H15N5O6S.Na/c1-5-8(11(21)17(5)23-3-7(18)19)15-10(20)9(16-22-2)6-4-24-12(13)14-6;/h4-5,8H,3H2,1-2H3,(H2,13,14)(H,15,20)(H,18,19);/q;+1/b16-9-;/t5-,8-;/m0./s1. The summed E-state index contributed by atoms with van der Waals surface area (Å²) in [4.78, 5) is 48.1. The monoisotopic (exact) mass is 380 g/mol. The van der Waals surface area contributed by atoms with E-state index in [-0.39, 0.29) is 46.1 Å². The van der Waals surface area contributed by atoms with Crippen LogP contribution >= 0.6 is 11.3 Å². The van der Waals surface area contributed by atoms with Gasteiger partial charge in [-0.1, -0.05) is 5.16 Å². The van der Waals surface area contributed by atoms with Crippen molar-refractivity contribution in [2.45, 2.75) is 19.0 Å². The molecule has 0 radical (unpaired) electrons. The molecule has 2 heterocycles. The van der Waals surface area contributed by atoms with Gasteiger partial charge in [0.15, 0.2) is 17.5 Å². The molecule has 0 aliphatic carbocycles. The van der Waals surface area contributed by atoms with Crippen LogP contribution in [0.25, 0.3) is 0 Å². The van der Waals surface area contributed by atoms with Crippen molar-refractivity contribution in [3.63, 3.8) is 0 Å². The molecular formula is C12H15N5NaO6S+. The van der Waals surface area contributed by atoms with Crippen LogP contribution in [-0.2, 0) is 24.1 Å². The number of rotatable bonds is 7. The number of nitrogens with zero attached hydrogens (tertiary/aromatic N) is 3. The third kappa shape index (κ3) is 4.89. The molecule has 0 saturated carbocycles. The number of carbonyl (C=O) groups excluding carboxylic acids is 2. The molecule has 1 aliphatic rings. The van der Waals surface area contributed by atoms with Crippen LogP contribution in [-0.4, -0.2) is 64.4 Å². The molecule has 2 amide bonds. The fourth-order valence-corrected chi connectivity index (χ4v) is 2.54. The Balaban J connectivity index is 0.00000312. The number of nitrogen functional groups attached to an aromatic ring is 1. The zero-order chi connectivity index (χ0) is 17.9. The maximum Gasteiger partial charge on any atom is 1.00 e. The number of hydrogen-bond donors (Lipinski definition) is 3. The number of β-lactam (4-membered cyclic amide) rings is 1. The Morgan fingerprint density at radius 1 is 1.56 bits per heavy atom. The number of thiazole rings is 1. The van der Waals surface area contributed by atoms with Gasteiger partial charge in [-0.15, -0.1) is 11.3 Å². The van der Waals surface area contributed by atoms with Crippen molar-refractivity contribution < 1.29 is 58.7 Å². The van der Waals surface area contributed by atoms with Gasteiger partial charge in [-0.2, -0.15) is 0 Å². The number of nitrogens with one attached hydrogen (secondary N) is 1. The van der Waals surface area contributed by atoms with Crippen molar-refractivity contribution in [2.24, 2.45) is 5.16 Å². The van der Waals surface area contributed by atoms with Crippen molar-refractivity contribution in [1.29, 1.82) is 0 Å². The second-order valence-electron chi connectivity index (χ2n) is 4.72. The fourth-order valence-electron chi connectivity index (χ4n) is 1.99. The number of carboxylic acid groups (broad SMARTS) is 1. The number of hydroxylamine groups is 2. The smallest absolute Gasteiger partial charge is 0.479 e. The molecular weight excluding hydrogens is 365 g/mol. The summed E-state index contributed by atoms with van der Waals surface area (Å²) in [6.45, 7) is 0.952. The van der Waals surface area contributed by atoms with Crippen LogP contribution in [0.2, 0.25) is 0 Å². The van der Waals surface area contributed by atoms with E-state index in [1.54, 1.807) is 6.92 Å². The molecule has 1 fully saturated rings. The minimum Gasteiger partial charge on any atom is -0.479 e. The van der Waals surface area contributed by atoms with Crippen molar-refractivity contribution >= 4 is 40.0 Å². The van der Waals surface area contributed by atoms with Crippen molar-refractivity contribution in [2.75, 3.05) is 19.5 Å². The molecule has 0 unspecified atom stereocenters. The number of amides is 2. The third-order valence-corrected chi connectivity index (χ3v) is 3.79. The summed E-state index contributed by atoms with van der Waals surface area (Å²) in [5.41, 5.74) is 5.61. The Hall–Kier alpha value is -1.73. The molecule has 25 heavy (non-hydrogen) atoms. The summed E-state index contributed by atoms with van der Waals surface area (Å²) in [6.07, 6.45) is 0. The average molecular weight is 380 g/mol. The van der Waals surface area contributed by atoms with Gasteiger partial charge in [0.05, 0.1) is 6.04 Å². The molecule has 130 valence electrons. The third-order valence-electron chi connectivity index (χ3n) is 3.11. The van der Waals surface area contributed by atoms with E-state index in [4.69, 9.17) is 15.7 Å². The van der Waals surface area contributed by atoms with Crippen molar-refractivity contribution in [3.05, 3.63) is 11.1 Å². The van der Waals surface area contributed by atoms with E-state index in [9.17, 15) is 14.4 Å². The van der Waals surface area contributed by atoms with Crippen LogP contribution in [0.4, 0.5) is 5.13 Å². The van der Waals surface area contributed by atoms with Gasteiger partial charge in [0.25, 0.3) is 11.8 Å². The molecule has 2 rings (SSSR count). The number of aromatic nitrogens is 1. The number of aliphatic carboxylic acids is 1. The van der Waals surface area contributed by atoms with E-state index >= 15 is 0 Å². The van der Waals surface area contributed by atoms with Crippen LogP contribution < -0.4 is 40.6 Å². The minimum atomic E-state index is -1.21. The molecule has 0 spiro atoms. The number of anilines is 1. The molecule has 0 aromatic carbocycles. The second-order valence-corrected chi connectivity index (χ2v) is 5.61. The van der Waals surface area contributed by atoms with Crippen LogP contribution in [0.15, 0.2) is 10.5 Å². The quantitative estimate of drug-likeness (QED) is 0.186. The second kappa shape index (κ2) is 9.10. The van der Waals surface area contributed by atoms with Crippen LogP contribution in [0, 0.1) is 0 Å². The predicted molar refractivity (Wildman–Crippen MR) is 81.9 cm³/mol. The Morgan fingerprint density at radius 2 is 2.24 bits per heavy atom. The largest absolute Gasteiger partial charge is 1.00 e. The van der Waals surface area contributed by atoms with E-state index in [1.165, 1.54) is 12.5 Å². The van der Waals surface area contributed by atoms with Gasteiger partial charge < -0.3 is 21.0 Å². The van der Waals surface area contributed by atoms with Crippen LogP contribution in [0.5, 0.6) is 0 Å². The molecule has 1 aromatic rings. The Bertz CT molecular complexity index is 695. The summed E-state index contributed by atoms with van der Waals surface area (Å²) in [5.74, 6) is -2.45. The van der Waals surface area contributed by atoms with Gasteiger partial charge in [0.2, 0.25) is 0 Å². The van der Waals surface area contributed by atoms with Gasteiger partial charge in [-0.05, 0) is 6.92 Å². The number of nitrogens with two attached hydrogens (primary N) is 1. The molecule has 1 aromatic heterocycles. The molecule has 2 atom stereocenters. The zero-order valence-electron chi connectivity index (χ0n) is 13.8. The van der Waals surface area contributed by atoms with Crippen LogP contribution in [0.1, 0.15) is 12.6 Å². The van der Waals surface area contributed by atoms with Crippen molar-refractivity contribution in [3.8, 4) is 0 Å². The predicted octanol–water partition coefficient (Wildman–Crippen LogP) is -4.19. The van der Waals surface area contributed by atoms with Gasteiger partial charge in [-0.25, -0.2) is 14.8 Å². The maximum atomic E-state index is 12.3. The van der Waals surface area contributed by atoms with E-state index in [1.807, 2.05) is 0 Å². The van der Waals surface area contributed by atoms with Gasteiger partial charge in [-0.3, -0.25) is 14.4 Å². The Morgan fingerprint density at radius 3 is 2.72 bits per heavy atom. The molecule has 0 bridgehead atoms. The first kappa shape index (κ1) is 21.3. The molecule has 11 nitrogen and oxygen atoms in total. The SMILES string of the molecule is CO/N=C(\C(=O)N[C@@H]1C(=O)N(OCC(=O)O)[C@H]1C)c1csc(N)n1.[Na+]. The first-order chi connectivity index (χ1) is 11.3. The van der Waals surface area contributed by atoms with E-state index in [0.717, 1.165) is 16.4 Å². The van der Waals surface area contributed by atoms with Crippen molar-refractivity contribution in [1.82, 2.24) is 15.4 Å². The summed E-state index contributed by atoms with van der Waals surface area (Å²) in [6, 6.07) is -1.41. The molecule has 1 aliphatic heterocycles. The number of hydrogen-bond acceptors (Lipinski definition) is 9. The van der Waals surface area contributed by atoms with E-state index < -0.39 is 36.5 Å². The fraction of sp³-hybridized carbons (Fsp3) is 0.417. The molecule has 4 N–H and O–H groups in total. The Labute approximate surface area is 168 Å². The first-order valence-corrected chi connectivity index (χ1v) is 7.54. The van der Waals surface area contributed by atoms with E-state index in [0.29, 0.717) is 0 Å². The van der Waals surface area contributed by atoms with Gasteiger partial charge >= 0.3 is 35.5 Å². The summed E-state index contributed by atoms with van der Waals surface area (Å²) in [7, 11) is 1.27. The number of oxime groups is 1. The summed E-state index contributed by atoms with van der Waals surface area (Å²) in [5, 5.41) is 17.3. The summed E-state index contributed by atoms with van der Waals surface area (Å²) >= 11 is 1.12. The van der Waals surface area contributed by atoms with Crippen LogP contribution in [0.3, 0.4) is 0 Å². The van der Waals surface area contributed by atoms with Gasteiger partial charge in [0, 0.05) is 5.38 Å². The summed E-state index contributed by atoms with van der Waals surface area (Å²) < 4.78 is 0. The molecule has 13 heteroatoms. The topological polar surface area (TPSA) is 156 Å². The maximum absolute atomic E-state index is 12.3. The normalized spacial score (nSPS) is 19.7. The van der Waals surface area contributed by atoms with E-state index in [2.05, 4.69) is 20.3 Å². The minimum absolute atomic E-state index is 0. The number of carbonyl (C=O) groups is 3. The molecule has 1 saturated heterocycles. The van der Waals surface area contributed by atoms with Gasteiger partial charge in [0.1, 0.15) is 18.8 Å².